The third kappa shape index (κ3) is 3.25. The molecule has 1 N–H and O–H groups in total. The summed E-state index contributed by atoms with van der Waals surface area (Å²) in [4.78, 5) is 36.5. The van der Waals surface area contributed by atoms with Gasteiger partial charge in [-0.1, -0.05) is 24.1 Å². The minimum absolute atomic E-state index is 0.111. The van der Waals surface area contributed by atoms with Crippen LogP contribution in [0.2, 0.25) is 0 Å². The van der Waals surface area contributed by atoms with Crippen molar-refractivity contribution in [3.05, 3.63) is 51.3 Å². The molecular weight excluding hydrogens is 422 g/mol. The maximum atomic E-state index is 13.1. The molecule has 0 spiro atoms. The molecule has 4 aromatic heterocycles. The summed E-state index contributed by atoms with van der Waals surface area (Å²) in [5, 5.41) is 11.6. The molecule has 0 unspecified atom stereocenters. The molecule has 1 saturated carbocycles. The summed E-state index contributed by atoms with van der Waals surface area (Å²) in [7, 11) is 0. The predicted molar refractivity (Wildman–Crippen MR) is 115 cm³/mol. The zero-order chi connectivity index (χ0) is 20.7. The van der Waals surface area contributed by atoms with Crippen LogP contribution in [-0.2, 0) is 16.9 Å². The SMILES string of the molecule is Cc1nc(C2(NC(=O)Cn3cnc4scc(-c5cccs5)c4c3=O)CCCC2)no1. The third-order valence-electron chi connectivity index (χ3n) is 5.45. The highest BCUT2D eigenvalue weighted by atomic mass is 32.1. The van der Waals surface area contributed by atoms with Gasteiger partial charge < -0.3 is 9.84 Å². The Balaban J connectivity index is 1.44. The lowest BCUT2D eigenvalue weighted by Crippen LogP contribution is -2.46. The normalized spacial score (nSPS) is 15.6. The number of rotatable bonds is 5. The molecule has 0 bridgehead atoms. The zero-order valence-corrected chi connectivity index (χ0v) is 17.9. The van der Waals surface area contributed by atoms with E-state index in [1.54, 1.807) is 18.3 Å². The molecule has 1 amide bonds. The van der Waals surface area contributed by atoms with Gasteiger partial charge in [0.25, 0.3) is 5.56 Å². The van der Waals surface area contributed by atoms with Crippen molar-refractivity contribution in [2.45, 2.75) is 44.7 Å². The van der Waals surface area contributed by atoms with Crippen molar-refractivity contribution in [3.8, 4) is 10.4 Å². The second-order valence-corrected chi connectivity index (χ2v) is 9.26. The van der Waals surface area contributed by atoms with Gasteiger partial charge in [-0.05, 0) is 24.3 Å². The van der Waals surface area contributed by atoms with Gasteiger partial charge in [0.05, 0.1) is 11.7 Å². The highest BCUT2D eigenvalue weighted by Crippen LogP contribution is 2.37. The van der Waals surface area contributed by atoms with Crippen LogP contribution in [0.15, 0.2) is 38.5 Å². The van der Waals surface area contributed by atoms with E-state index in [0.29, 0.717) is 21.9 Å². The lowest BCUT2D eigenvalue weighted by Gasteiger charge is -2.26. The summed E-state index contributed by atoms with van der Waals surface area (Å²) in [6.07, 6.45) is 4.88. The quantitative estimate of drug-likeness (QED) is 0.509. The molecule has 0 saturated heterocycles. The molecule has 30 heavy (non-hydrogen) atoms. The fourth-order valence-electron chi connectivity index (χ4n) is 4.03. The van der Waals surface area contributed by atoms with E-state index >= 15 is 0 Å². The Bertz CT molecular complexity index is 1270. The molecule has 154 valence electrons. The number of nitrogens with one attached hydrogen (secondary N) is 1. The van der Waals surface area contributed by atoms with E-state index in [-0.39, 0.29) is 18.0 Å². The second-order valence-electron chi connectivity index (χ2n) is 7.46. The predicted octanol–water partition coefficient (Wildman–Crippen LogP) is 3.46. The highest BCUT2D eigenvalue weighted by Gasteiger charge is 2.41. The lowest BCUT2D eigenvalue weighted by molar-refractivity contribution is -0.123. The molecule has 0 atom stereocenters. The van der Waals surface area contributed by atoms with E-state index in [1.165, 1.54) is 22.2 Å². The molecular formula is C20H19N5O3S2. The summed E-state index contributed by atoms with van der Waals surface area (Å²) >= 11 is 3.01. The number of fused-ring (bicyclic) bond motifs is 1. The fourth-order valence-corrected chi connectivity index (χ4v) is 5.75. The average molecular weight is 442 g/mol. The van der Waals surface area contributed by atoms with Gasteiger partial charge in [-0.2, -0.15) is 4.98 Å². The van der Waals surface area contributed by atoms with Crippen LogP contribution in [0, 0.1) is 6.92 Å². The van der Waals surface area contributed by atoms with Crippen LogP contribution in [0.4, 0.5) is 0 Å². The van der Waals surface area contributed by atoms with Crippen LogP contribution in [-0.4, -0.2) is 25.6 Å². The van der Waals surface area contributed by atoms with Crippen molar-refractivity contribution in [1.82, 2.24) is 25.0 Å². The summed E-state index contributed by atoms with van der Waals surface area (Å²) in [5.74, 6) is 0.704. The molecule has 1 aliphatic carbocycles. The van der Waals surface area contributed by atoms with E-state index in [9.17, 15) is 9.59 Å². The Labute approximate surface area is 179 Å². The van der Waals surface area contributed by atoms with Crippen molar-refractivity contribution < 1.29 is 9.32 Å². The Morgan fingerprint density at radius 2 is 2.17 bits per heavy atom. The first-order valence-electron chi connectivity index (χ1n) is 9.68. The number of thiophene rings is 2. The molecule has 4 heterocycles. The largest absolute Gasteiger partial charge is 0.342 e. The molecule has 10 heteroatoms. The number of amides is 1. The van der Waals surface area contributed by atoms with Gasteiger partial charge in [0, 0.05) is 22.7 Å². The van der Waals surface area contributed by atoms with E-state index in [2.05, 4.69) is 20.4 Å². The first-order valence-corrected chi connectivity index (χ1v) is 11.4. The Morgan fingerprint density at radius 3 is 2.87 bits per heavy atom. The summed E-state index contributed by atoms with van der Waals surface area (Å²) in [6, 6.07) is 3.93. The molecule has 0 radical (unpaired) electrons. The van der Waals surface area contributed by atoms with E-state index in [0.717, 1.165) is 36.1 Å². The molecule has 0 aliphatic heterocycles. The van der Waals surface area contributed by atoms with E-state index < -0.39 is 5.54 Å². The van der Waals surface area contributed by atoms with Crippen LogP contribution in [0.3, 0.4) is 0 Å². The maximum absolute atomic E-state index is 13.1. The van der Waals surface area contributed by atoms with Gasteiger partial charge in [0.2, 0.25) is 11.8 Å². The van der Waals surface area contributed by atoms with Gasteiger partial charge in [0.1, 0.15) is 16.9 Å². The van der Waals surface area contributed by atoms with Crippen molar-refractivity contribution in [1.29, 1.82) is 0 Å². The number of nitrogens with zero attached hydrogens (tertiary/aromatic N) is 4. The van der Waals surface area contributed by atoms with Crippen LogP contribution in [0.1, 0.15) is 37.4 Å². The Morgan fingerprint density at radius 1 is 1.33 bits per heavy atom. The monoisotopic (exact) mass is 441 g/mol. The van der Waals surface area contributed by atoms with Crippen molar-refractivity contribution in [2.24, 2.45) is 0 Å². The number of carbonyl (C=O) groups is 1. The molecule has 1 aliphatic rings. The van der Waals surface area contributed by atoms with Crippen LogP contribution >= 0.6 is 22.7 Å². The van der Waals surface area contributed by atoms with Crippen LogP contribution in [0.5, 0.6) is 0 Å². The number of hydrogen-bond acceptors (Lipinski definition) is 8. The van der Waals surface area contributed by atoms with E-state index in [1.807, 2.05) is 22.9 Å². The topological polar surface area (TPSA) is 103 Å². The Kier molecular flexibility index (Phi) is 4.75. The number of aromatic nitrogens is 4. The summed E-state index contributed by atoms with van der Waals surface area (Å²) < 4.78 is 6.50. The standard InChI is InChI=1S/C20H19N5O3S2/c1-12-22-19(24-28-12)20(6-2-3-7-20)23-15(26)9-25-11-21-17-16(18(25)27)13(10-30-17)14-5-4-8-29-14/h4-5,8,10-11H,2-3,6-7,9H2,1H3,(H,23,26). The van der Waals surface area contributed by atoms with Gasteiger partial charge in [-0.3, -0.25) is 14.2 Å². The number of carbonyl (C=O) groups excluding carboxylic acids is 1. The van der Waals surface area contributed by atoms with Crippen LogP contribution in [0.25, 0.3) is 20.7 Å². The van der Waals surface area contributed by atoms with Gasteiger partial charge >= 0.3 is 0 Å². The van der Waals surface area contributed by atoms with Crippen LogP contribution < -0.4 is 10.9 Å². The number of aryl methyl sites for hydroxylation is 1. The second kappa shape index (κ2) is 7.44. The molecule has 4 aromatic rings. The van der Waals surface area contributed by atoms with Crippen molar-refractivity contribution >= 4 is 38.8 Å². The van der Waals surface area contributed by atoms with Gasteiger partial charge in [0.15, 0.2) is 5.82 Å². The Hall–Kier alpha value is -2.85. The first-order chi connectivity index (χ1) is 14.6. The smallest absolute Gasteiger partial charge is 0.263 e. The first kappa shape index (κ1) is 19.1. The average Bonchev–Trinajstić information content (AvgIpc) is 3.50. The third-order valence-corrected chi connectivity index (χ3v) is 7.24. The summed E-state index contributed by atoms with van der Waals surface area (Å²) in [6.45, 7) is 1.62. The van der Waals surface area contributed by atoms with Gasteiger partial charge in [-0.25, -0.2) is 4.98 Å². The molecule has 5 rings (SSSR count). The molecule has 0 aromatic carbocycles. The fraction of sp³-hybridized carbons (Fsp3) is 0.350. The molecule has 8 nitrogen and oxygen atoms in total. The minimum Gasteiger partial charge on any atom is -0.342 e. The van der Waals surface area contributed by atoms with Gasteiger partial charge in [-0.15, -0.1) is 22.7 Å². The van der Waals surface area contributed by atoms with Crippen molar-refractivity contribution in [2.75, 3.05) is 0 Å². The maximum Gasteiger partial charge on any atom is 0.263 e. The summed E-state index contributed by atoms with van der Waals surface area (Å²) in [5.41, 5.74) is 0.0167. The lowest BCUT2D eigenvalue weighted by atomic mass is 9.96. The van der Waals surface area contributed by atoms with E-state index in [4.69, 9.17) is 4.52 Å². The minimum atomic E-state index is -0.638. The zero-order valence-electron chi connectivity index (χ0n) is 16.3. The molecule has 1 fully saturated rings. The highest BCUT2D eigenvalue weighted by molar-refractivity contribution is 7.18. The van der Waals surface area contributed by atoms with Crippen molar-refractivity contribution in [3.63, 3.8) is 0 Å². The number of hydrogen-bond donors (Lipinski definition) is 1.